The molecule has 2 rings (SSSR count). The number of nitrogens with one attached hydrogen (secondary N) is 1. The lowest BCUT2D eigenvalue weighted by atomic mass is 10.2. The zero-order valence-corrected chi connectivity index (χ0v) is 10.1. The number of nitrogens with two attached hydrogens (primary N) is 1. The van der Waals surface area contributed by atoms with Crippen LogP contribution in [0.3, 0.4) is 0 Å². The Bertz CT molecular complexity index is 444. The summed E-state index contributed by atoms with van der Waals surface area (Å²) in [7, 11) is 0. The van der Waals surface area contributed by atoms with Crippen molar-refractivity contribution in [3.8, 4) is 0 Å². The lowest BCUT2D eigenvalue weighted by Gasteiger charge is -2.08. The fourth-order valence-corrected chi connectivity index (χ4v) is 2.21. The summed E-state index contributed by atoms with van der Waals surface area (Å²) in [6.07, 6.45) is 2.12. The second-order valence-electron chi connectivity index (χ2n) is 4.00. The Labute approximate surface area is 104 Å². The number of hydrogen-bond donors (Lipinski definition) is 2. The third-order valence-corrected chi connectivity index (χ3v) is 3.51. The van der Waals surface area contributed by atoms with Crippen molar-refractivity contribution in [3.63, 3.8) is 0 Å². The quantitative estimate of drug-likeness (QED) is 0.770. The van der Waals surface area contributed by atoms with Crippen LogP contribution in [0.4, 0.5) is 0 Å². The normalized spacial score (nSPS) is 14.4. The Morgan fingerprint density at radius 3 is 2.71 bits per heavy atom. The van der Waals surface area contributed by atoms with Crippen LogP contribution in [-0.2, 0) is 4.79 Å². The maximum absolute atomic E-state index is 11.9. The molecule has 0 radical (unpaired) electrons. The standard InChI is InChI=1S/C12H14N2O2S/c13-11(15)7-17-10-4-2-1-3-9(10)12(16)14-8-5-6-8/h1-4,8H,5-7H2,(H2,13,15)(H,14,16). The summed E-state index contributed by atoms with van der Waals surface area (Å²) >= 11 is 1.30. The van der Waals surface area contributed by atoms with E-state index in [-0.39, 0.29) is 17.6 Å². The van der Waals surface area contributed by atoms with Gasteiger partial charge in [0, 0.05) is 10.9 Å². The molecule has 1 aliphatic carbocycles. The zero-order chi connectivity index (χ0) is 12.3. The topological polar surface area (TPSA) is 72.2 Å². The van der Waals surface area contributed by atoms with Crippen molar-refractivity contribution in [2.75, 3.05) is 5.75 Å². The minimum Gasteiger partial charge on any atom is -0.369 e. The molecule has 4 nitrogen and oxygen atoms in total. The largest absolute Gasteiger partial charge is 0.369 e. The van der Waals surface area contributed by atoms with Crippen molar-refractivity contribution in [2.24, 2.45) is 5.73 Å². The molecule has 17 heavy (non-hydrogen) atoms. The SMILES string of the molecule is NC(=O)CSc1ccccc1C(=O)NC1CC1. The number of carbonyl (C=O) groups is 2. The molecular formula is C12H14N2O2S. The van der Waals surface area contributed by atoms with Crippen molar-refractivity contribution in [2.45, 2.75) is 23.8 Å². The first-order valence-electron chi connectivity index (χ1n) is 5.48. The Kier molecular flexibility index (Phi) is 3.68. The van der Waals surface area contributed by atoms with Gasteiger partial charge in [0.2, 0.25) is 5.91 Å². The van der Waals surface area contributed by atoms with Gasteiger partial charge in [-0.1, -0.05) is 12.1 Å². The Morgan fingerprint density at radius 2 is 2.06 bits per heavy atom. The molecule has 0 heterocycles. The van der Waals surface area contributed by atoms with Crippen LogP contribution in [-0.4, -0.2) is 23.6 Å². The molecule has 0 bridgehead atoms. The smallest absolute Gasteiger partial charge is 0.252 e. The highest BCUT2D eigenvalue weighted by Crippen LogP contribution is 2.24. The van der Waals surface area contributed by atoms with E-state index in [4.69, 9.17) is 5.73 Å². The van der Waals surface area contributed by atoms with Gasteiger partial charge in [-0.05, 0) is 25.0 Å². The van der Waals surface area contributed by atoms with E-state index in [1.165, 1.54) is 11.8 Å². The molecule has 1 saturated carbocycles. The van der Waals surface area contributed by atoms with Gasteiger partial charge in [0.05, 0.1) is 11.3 Å². The van der Waals surface area contributed by atoms with Gasteiger partial charge in [0.1, 0.15) is 0 Å². The second kappa shape index (κ2) is 5.23. The first kappa shape index (κ1) is 12.0. The Hall–Kier alpha value is -1.49. The van der Waals surface area contributed by atoms with Gasteiger partial charge in [0.25, 0.3) is 5.91 Å². The van der Waals surface area contributed by atoms with Crippen LogP contribution in [0.2, 0.25) is 0 Å². The highest BCUT2D eigenvalue weighted by molar-refractivity contribution is 8.00. The molecular weight excluding hydrogens is 236 g/mol. The summed E-state index contributed by atoms with van der Waals surface area (Å²) in [6, 6.07) is 7.58. The number of hydrogen-bond acceptors (Lipinski definition) is 3. The van der Waals surface area contributed by atoms with E-state index in [9.17, 15) is 9.59 Å². The van der Waals surface area contributed by atoms with Crippen molar-refractivity contribution < 1.29 is 9.59 Å². The highest BCUT2D eigenvalue weighted by Gasteiger charge is 2.24. The average Bonchev–Trinajstić information content (AvgIpc) is 3.10. The number of rotatable bonds is 5. The molecule has 3 N–H and O–H groups in total. The van der Waals surface area contributed by atoms with Crippen molar-refractivity contribution in [1.82, 2.24) is 5.32 Å². The lowest BCUT2D eigenvalue weighted by molar-refractivity contribution is -0.115. The van der Waals surface area contributed by atoms with E-state index in [0.717, 1.165) is 17.7 Å². The molecule has 1 fully saturated rings. The van der Waals surface area contributed by atoms with Gasteiger partial charge in [-0.3, -0.25) is 9.59 Å². The van der Waals surface area contributed by atoms with Crippen LogP contribution < -0.4 is 11.1 Å². The summed E-state index contributed by atoms with van der Waals surface area (Å²) in [5.74, 6) is -0.263. The van der Waals surface area contributed by atoms with Crippen molar-refractivity contribution in [3.05, 3.63) is 29.8 Å². The maximum Gasteiger partial charge on any atom is 0.252 e. The summed E-state index contributed by atoms with van der Waals surface area (Å²) in [4.78, 5) is 23.5. The van der Waals surface area contributed by atoms with E-state index in [1.54, 1.807) is 6.07 Å². The van der Waals surface area contributed by atoms with Crippen LogP contribution in [0.25, 0.3) is 0 Å². The predicted octanol–water partition coefficient (Wildman–Crippen LogP) is 1.16. The predicted molar refractivity (Wildman–Crippen MR) is 66.8 cm³/mol. The molecule has 0 saturated heterocycles. The molecule has 0 spiro atoms. The molecule has 0 aliphatic heterocycles. The van der Waals surface area contributed by atoms with Gasteiger partial charge in [-0.2, -0.15) is 0 Å². The van der Waals surface area contributed by atoms with Crippen LogP contribution in [0, 0.1) is 0 Å². The first-order chi connectivity index (χ1) is 8.16. The molecule has 1 aromatic rings. The minimum absolute atomic E-state index is 0.0694. The van der Waals surface area contributed by atoms with Gasteiger partial charge < -0.3 is 11.1 Å². The van der Waals surface area contributed by atoms with E-state index in [0.29, 0.717) is 11.6 Å². The maximum atomic E-state index is 11.9. The van der Waals surface area contributed by atoms with Gasteiger partial charge >= 0.3 is 0 Å². The van der Waals surface area contributed by atoms with Gasteiger partial charge in [-0.15, -0.1) is 11.8 Å². The van der Waals surface area contributed by atoms with E-state index < -0.39 is 0 Å². The number of thioether (sulfide) groups is 1. The summed E-state index contributed by atoms with van der Waals surface area (Å²) < 4.78 is 0. The van der Waals surface area contributed by atoms with E-state index in [1.807, 2.05) is 18.2 Å². The molecule has 1 aliphatic rings. The number of primary amides is 1. The van der Waals surface area contributed by atoms with Crippen LogP contribution >= 0.6 is 11.8 Å². The van der Waals surface area contributed by atoms with Crippen LogP contribution in [0.1, 0.15) is 23.2 Å². The third kappa shape index (κ3) is 3.49. The van der Waals surface area contributed by atoms with E-state index >= 15 is 0 Å². The van der Waals surface area contributed by atoms with Crippen LogP contribution in [0.15, 0.2) is 29.2 Å². The van der Waals surface area contributed by atoms with Crippen LogP contribution in [0.5, 0.6) is 0 Å². The summed E-state index contributed by atoms with van der Waals surface area (Å²) in [5.41, 5.74) is 5.71. The summed E-state index contributed by atoms with van der Waals surface area (Å²) in [6.45, 7) is 0. The highest BCUT2D eigenvalue weighted by atomic mass is 32.2. The molecule has 2 amide bonds. The molecule has 1 aromatic carbocycles. The average molecular weight is 250 g/mol. The molecule has 90 valence electrons. The second-order valence-corrected chi connectivity index (χ2v) is 5.02. The van der Waals surface area contributed by atoms with Crippen molar-refractivity contribution in [1.29, 1.82) is 0 Å². The van der Waals surface area contributed by atoms with E-state index in [2.05, 4.69) is 5.32 Å². The fraction of sp³-hybridized carbons (Fsp3) is 0.333. The number of carbonyl (C=O) groups excluding carboxylic acids is 2. The van der Waals surface area contributed by atoms with Crippen molar-refractivity contribution >= 4 is 23.6 Å². The Morgan fingerprint density at radius 1 is 1.35 bits per heavy atom. The monoisotopic (exact) mass is 250 g/mol. The van der Waals surface area contributed by atoms with Gasteiger partial charge in [-0.25, -0.2) is 0 Å². The molecule has 0 aromatic heterocycles. The third-order valence-electron chi connectivity index (χ3n) is 2.41. The number of amides is 2. The molecule has 5 heteroatoms. The molecule has 0 unspecified atom stereocenters. The first-order valence-corrected chi connectivity index (χ1v) is 6.46. The lowest BCUT2D eigenvalue weighted by Crippen LogP contribution is -2.26. The minimum atomic E-state index is -0.382. The Balaban J connectivity index is 2.08. The van der Waals surface area contributed by atoms with Gasteiger partial charge in [0.15, 0.2) is 0 Å². The zero-order valence-electron chi connectivity index (χ0n) is 9.31. The number of benzene rings is 1. The molecule has 0 atom stereocenters. The summed E-state index contributed by atoms with van der Waals surface area (Å²) in [5, 5.41) is 2.93. The fourth-order valence-electron chi connectivity index (χ4n) is 1.42.